The van der Waals surface area contributed by atoms with E-state index in [1.807, 2.05) is 6.07 Å². The standard InChI is InChI=1S/C21H22N4O5/c1-3-21(15-10-6-5-7-11-15)18(27)25(19(28)23-21)24-17(26)14-9-8-12-16(13-14)22-20(29)30-4-2/h5-13H,3-4H2,1-2H3,(H,22,29)(H,23,28)(H,24,26). The molecule has 1 fully saturated rings. The van der Waals surface area contributed by atoms with Gasteiger partial charge in [-0.1, -0.05) is 43.3 Å². The lowest BCUT2D eigenvalue weighted by Gasteiger charge is -2.25. The molecule has 9 heteroatoms. The van der Waals surface area contributed by atoms with Crippen molar-refractivity contribution in [2.75, 3.05) is 11.9 Å². The largest absolute Gasteiger partial charge is 0.450 e. The third-order valence-corrected chi connectivity index (χ3v) is 4.75. The summed E-state index contributed by atoms with van der Waals surface area (Å²) in [6, 6.07) is 14.2. The first-order valence-corrected chi connectivity index (χ1v) is 9.48. The Morgan fingerprint density at radius 1 is 1.07 bits per heavy atom. The number of nitrogens with zero attached hydrogens (tertiary/aromatic N) is 1. The lowest BCUT2D eigenvalue weighted by atomic mass is 9.87. The van der Waals surface area contributed by atoms with Crippen molar-refractivity contribution in [3.05, 3.63) is 65.7 Å². The second-order valence-corrected chi connectivity index (χ2v) is 6.56. The number of amides is 5. The zero-order valence-corrected chi connectivity index (χ0v) is 16.6. The molecule has 30 heavy (non-hydrogen) atoms. The van der Waals surface area contributed by atoms with Gasteiger partial charge in [-0.05, 0) is 37.1 Å². The summed E-state index contributed by atoms with van der Waals surface area (Å²) in [6.45, 7) is 3.66. The van der Waals surface area contributed by atoms with Gasteiger partial charge in [0.25, 0.3) is 11.8 Å². The minimum absolute atomic E-state index is 0.151. The molecule has 0 aromatic heterocycles. The smallest absolute Gasteiger partial charge is 0.411 e. The maximum Gasteiger partial charge on any atom is 0.411 e. The van der Waals surface area contributed by atoms with E-state index in [2.05, 4.69) is 16.1 Å². The Balaban J connectivity index is 1.78. The number of hydrogen-bond donors (Lipinski definition) is 3. The fourth-order valence-electron chi connectivity index (χ4n) is 3.23. The van der Waals surface area contributed by atoms with Crippen LogP contribution in [-0.4, -0.2) is 35.6 Å². The molecule has 1 heterocycles. The van der Waals surface area contributed by atoms with Crippen LogP contribution in [0.4, 0.5) is 15.3 Å². The fraction of sp³-hybridized carbons (Fsp3) is 0.238. The minimum Gasteiger partial charge on any atom is -0.450 e. The first-order chi connectivity index (χ1) is 14.4. The van der Waals surface area contributed by atoms with Crippen molar-refractivity contribution in [2.45, 2.75) is 25.8 Å². The van der Waals surface area contributed by atoms with E-state index in [1.165, 1.54) is 12.1 Å². The number of ether oxygens (including phenoxy) is 1. The molecule has 1 atom stereocenters. The molecule has 5 amide bonds. The SMILES string of the molecule is CCOC(=O)Nc1cccc(C(=O)NN2C(=O)NC(CC)(c3ccccc3)C2=O)c1. The van der Waals surface area contributed by atoms with Gasteiger partial charge in [-0.15, -0.1) is 0 Å². The van der Waals surface area contributed by atoms with Crippen molar-refractivity contribution in [3.63, 3.8) is 0 Å². The molecular formula is C21H22N4O5. The van der Waals surface area contributed by atoms with Gasteiger partial charge in [0.15, 0.2) is 0 Å². The van der Waals surface area contributed by atoms with Crippen LogP contribution in [-0.2, 0) is 15.1 Å². The van der Waals surface area contributed by atoms with Gasteiger partial charge in [0.1, 0.15) is 5.54 Å². The number of imide groups is 1. The molecule has 1 aliphatic rings. The Kier molecular flexibility index (Phi) is 6.01. The average molecular weight is 410 g/mol. The Morgan fingerprint density at radius 2 is 1.80 bits per heavy atom. The highest BCUT2D eigenvalue weighted by atomic mass is 16.5. The summed E-state index contributed by atoms with van der Waals surface area (Å²) in [5.41, 5.74) is 2.21. The van der Waals surface area contributed by atoms with Crippen LogP contribution in [0.15, 0.2) is 54.6 Å². The summed E-state index contributed by atoms with van der Waals surface area (Å²) in [5, 5.41) is 5.87. The van der Waals surface area contributed by atoms with Crippen molar-refractivity contribution < 1.29 is 23.9 Å². The number of hydrogen-bond acceptors (Lipinski definition) is 5. The predicted molar refractivity (Wildman–Crippen MR) is 108 cm³/mol. The van der Waals surface area contributed by atoms with E-state index < -0.39 is 29.5 Å². The van der Waals surface area contributed by atoms with E-state index in [1.54, 1.807) is 50.2 Å². The molecule has 0 bridgehead atoms. The average Bonchev–Trinajstić information content (AvgIpc) is 2.99. The zero-order chi connectivity index (χ0) is 21.7. The molecule has 2 aromatic carbocycles. The van der Waals surface area contributed by atoms with Crippen LogP contribution < -0.4 is 16.1 Å². The van der Waals surface area contributed by atoms with Gasteiger partial charge in [-0.25, -0.2) is 9.59 Å². The molecule has 3 N–H and O–H groups in total. The first-order valence-electron chi connectivity index (χ1n) is 9.48. The Labute approximate surface area is 173 Å². The van der Waals surface area contributed by atoms with E-state index in [0.29, 0.717) is 22.7 Å². The Bertz CT molecular complexity index is 978. The summed E-state index contributed by atoms with van der Waals surface area (Å²) < 4.78 is 4.80. The van der Waals surface area contributed by atoms with E-state index >= 15 is 0 Å². The summed E-state index contributed by atoms with van der Waals surface area (Å²) in [7, 11) is 0. The molecule has 0 aliphatic carbocycles. The topological polar surface area (TPSA) is 117 Å². The van der Waals surface area contributed by atoms with Crippen LogP contribution in [0.5, 0.6) is 0 Å². The molecule has 3 rings (SSSR count). The van der Waals surface area contributed by atoms with Crippen LogP contribution in [0.1, 0.15) is 36.2 Å². The second-order valence-electron chi connectivity index (χ2n) is 6.56. The Hall–Kier alpha value is -3.88. The molecule has 1 aliphatic heterocycles. The number of rotatable bonds is 6. The van der Waals surface area contributed by atoms with Crippen molar-refractivity contribution in [1.29, 1.82) is 0 Å². The highest BCUT2D eigenvalue weighted by Gasteiger charge is 2.52. The van der Waals surface area contributed by atoms with Gasteiger partial charge in [-0.3, -0.25) is 20.3 Å². The second kappa shape index (κ2) is 8.64. The zero-order valence-electron chi connectivity index (χ0n) is 16.6. The Morgan fingerprint density at radius 3 is 2.47 bits per heavy atom. The molecule has 0 spiro atoms. The van der Waals surface area contributed by atoms with Gasteiger partial charge in [0.05, 0.1) is 6.61 Å². The molecule has 156 valence electrons. The number of benzene rings is 2. The van der Waals surface area contributed by atoms with Gasteiger partial charge in [0, 0.05) is 11.3 Å². The van der Waals surface area contributed by atoms with E-state index in [-0.39, 0.29) is 12.2 Å². The minimum atomic E-state index is -1.25. The van der Waals surface area contributed by atoms with Gasteiger partial charge < -0.3 is 10.1 Å². The monoisotopic (exact) mass is 410 g/mol. The molecule has 9 nitrogen and oxygen atoms in total. The van der Waals surface area contributed by atoms with E-state index in [9.17, 15) is 19.2 Å². The third-order valence-electron chi connectivity index (χ3n) is 4.75. The maximum absolute atomic E-state index is 13.1. The van der Waals surface area contributed by atoms with Crippen LogP contribution >= 0.6 is 0 Å². The molecule has 0 radical (unpaired) electrons. The molecule has 1 unspecified atom stereocenters. The van der Waals surface area contributed by atoms with E-state index in [4.69, 9.17) is 4.74 Å². The number of hydrazine groups is 1. The number of carbonyl (C=O) groups is 4. The third kappa shape index (κ3) is 3.95. The van der Waals surface area contributed by atoms with E-state index in [0.717, 1.165) is 0 Å². The highest BCUT2D eigenvalue weighted by molar-refractivity contribution is 6.09. The van der Waals surface area contributed by atoms with Gasteiger partial charge >= 0.3 is 12.1 Å². The van der Waals surface area contributed by atoms with Crippen LogP contribution in [0.25, 0.3) is 0 Å². The number of carbonyl (C=O) groups excluding carboxylic acids is 4. The van der Waals surface area contributed by atoms with Crippen molar-refractivity contribution in [3.8, 4) is 0 Å². The predicted octanol–water partition coefficient (Wildman–Crippen LogP) is 2.76. The maximum atomic E-state index is 13.1. The number of nitrogens with one attached hydrogen (secondary N) is 3. The summed E-state index contributed by atoms with van der Waals surface area (Å²) in [5.74, 6) is -1.25. The van der Waals surface area contributed by atoms with Gasteiger partial charge in [-0.2, -0.15) is 5.01 Å². The van der Waals surface area contributed by atoms with Crippen molar-refractivity contribution >= 4 is 29.6 Å². The summed E-state index contributed by atoms with van der Waals surface area (Å²) in [4.78, 5) is 49.8. The highest BCUT2D eigenvalue weighted by Crippen LogP contribution is 2.31. The quantitative estimate of drug-likeness (QED) is 0.633. The van der Waals surface area contributed by atoms with Crippen LogP contribution in [0.2, 0.25) is 0 Å². The van der Waals surface area contributed by atoms with Crippen molar-refractivity contribution in [1.82, 2.24) is 15.8 Å². The normalized spacial score (nSPS) is 18.0. The molecular weight excluding hydrogens is 388 g/mol. The lowest BCUT2D eigenvalue weighted by molar-refractivity contribution is -0.133. The number of anilines is 1. The fourth-order valence-corrected chi connectivity index (χ4v) is 3.23. The van der Waals surface area contributed by atoms with Crippen molar-refractivity contribution in [2.24, 2.45) is 0 Å². The molecule has 1 saturated heterocycles. The van der Waals surface area contributed by atoms with Gasteiger partial charge in [0.2, 0.25) is 0 Å². The summed E-state index contributed by atoms with van der Waals surface area (Å²) in [6.07, 6.45) is -0.341. The van der Waals surface area contributed by atoms with Crippen LogP contribution in [0.3, 0.4) is 0 Å². The summed E-state index contributed by atoms with van der Waals surface area (Å²) >= 11 is 0. The molecule has 0 saturated carbocycles. The first kappa shape index (κ1) is 20.8. The van der Waals surface area contributed by atoms with Crippen LogP contribution in [0, 0.1) is 0 Å². The molecule has 2 aromatic rings. The lowest BCUT2D eigenvalue weighted by Crippen LogP contribution is -2.48. The number of urea groups is 1.